The van der Waals surface area contributed by atoms with E-state index < -0.39 is 0 Å². The third kappa shape index (κ3) is 2.64. The van der Waals surface area contributed by atoms with Gasteiger partial charge >= 0.3 is 0 Å². The van der Waals surface area contributed by atoms with E-state index in [2.05, 4.69) is 21.8 Å². The molecule has 104 valence electrons. The van der Waals surface area contributed by atoms with Crippen LogP contribution in [0.15, 0.2) is 12.3 Å². The fraction of sp³-hybridized carbons (Fsp3) is 0.714. The van der Waals surface area contributed by atoms with Crippen LogP contribution < -0.4 is 9.64 Å². The van der Waals surface area contributed by atoms with Gasteiger partial charge in [0.15, 0.2) is 0 Å². The number of halogens is 1. The Morgan fingerprint density at radius 3 is 2.79 bits per heavy atom. The minimum absolute atomic E-state index is 0.313. The average Bonchev–Trinajstić information content (AvgIpc) is 2.69. The second-order valence-electron chi connectivity index (χ2n) is 5.40. The first-order valence-corrected chi connectivity index (χ1v) is 7.60. The van der Waals surface area contributed by atoms with E-state index >= 15 is 0 Å². The number of alkyl halides is 1. The van der Waals surface area contributed by atoms with Crippen molar-refractivity contribution in [2.45, 2.75) is 56.5 Å². The largest absolute Gasteiger partial charge is 0.478 e. The van der Waals surface area contributed by atoms with E-state index in [1.807, 2.05) is 6.07 Å². The molecule has 2 aliphatic heterocycles. The molecule has 0 radical (unpaired) electrons. The summed E-state index contributed by atoms with van der Waals surface area (Å²) in [6.45, 7) is 2.79. The molecule has 2 atom stereocenters. The summed E-state index contributed by atoms with van der Waals surface area (Å²) in [7, 11) is 0. The van der Waals surface area contributed by atoms with Crippen molar-refractivity contribution in [1.82, 2.24) is 9.97 Å². The first-order valence-electron chi connectivity index (χ1n) is 7.16. The molecule has 0 aliphatic carbocycles. The van der Waals surface area contributed by atoms with Crippen LogP contribution in [0.3, 0.4) is 0 Å². The summed E-state index contributed by atoms with van der Waals surface area (Å²) in [6.07, 6.45) is 7.28. The normalized spacial score (nSPS) is 29.6. The Balaban J connectivity index is 1.79. The molecule has 1 aromatic heterocycles. The van der Waals surface area contributed by atoms with Crippen LogP contribution in [0.5, 0.6) is 5.88 Å². The molecule has 3 heterocycles. The molecule has 1 aromatic rings. The van der Waals surface area contributed by atoms with Gasteiger partial charge in [-0.3, -0.25) is 0 Å². The summed E-state index contributed by atoms with van der Waals surface area (Å²) in [5.41, 5.74) is 0. The molecule has 3 rings (SSSR count). The molecule has 0 aromatic carbocycles. The molecular weight excluding hydrogens is 262 g/mol. The maximum absolute atomic E-state index is 6.31. The van der Waals surface area contributed by atoms with Gasteiger partial charge in [0, 0.05) is 29.7 Å². The van der Waals surface area contributed by atoms with Gasteiger partial charge in [-0.05, 0) is 32.1 Å². The summed E-state index contributed by atoms with van der Waals surface area (Å²) < 4.78 is 5.59. The molecule has 0 N–H and O–H groups in total. The summed E-state index contributed by atoms with van der Waals surface area (Å²) in [5.74, 6) is 1.49. The molecule has 5 heteroatoms. The maximum atomic E-state index is 6.31. The van der Waals surface area contributed by atoms with Gasteiger partial charge in [0.25, 0.3) is 0 Å². The van der Waals surface area contributed by atoms with Gasteiger partial charge in [0.05, 0.1) is 6.61 Å². The van der Waals surface area contributed by atoms with Gasteiger partial charge in [-0.25, -0.2) is 4.98 Å². The zero-order valence-corrected chi connectivity index (χ0v) is 12.0. The van der Waals surface area contributed by atoms with E-state index in [0.717, 1.165) is 25.2 Å². The van der Waals surface area contributed by atoms with E-state index in [1.54, 1.807) is 6.20 Å². The standard InChI is InChI=1S/C14H20ClN3O/c1-2-7-19-13-5-6-16-14(17-13)18-11-3-4-12(18)9-10(15)8-11/h5-6,10-12H,2-4,7-9H2,1H3. The highest BCUT2D eigenvalue weighted by Crippen LogP contribution is 2.39. The quantitative estimate of drug-likeness (QED) is 0.795. The number of anilines is 1. The zero-order chi connectivity index (χ0) is 13.2. The lowest BCUT2D eigenvalue weighted by molar-refractivity contribution is 0.304. The van der Waals surface area contributed by atoms with Gasteiger partial charge in [-0.2, -0.15) is 4.98 Å². The number of ether oxygens (including phenoxy) is 1. The van der Waals surface area contributed by atoms with Gasteiger partial charge in [0.2, 0.25) is 11.8 Å². The van der Waals surface area contributed by atoms with Gasteiger partial charge < -0.3 is 9.64 Å². The van der Waals surface area contributed by atoms with Crippen LogP contribution in [0.2, 0.25) is 0 Å². The van der Waals surface area contributed by atoms with Crippen LogP contribution in [0.25, 0.3) is 0 Å². The highest BCUT2D eigenvalue weighted by molar-refractivity contribution is 6.20. The van der Waals surface area contributed by atoms with Crippen LogP contribution in [0.1, 0.15) is 39.0 Å². The number of hydrogen-bond donors (Lipinski definition) is 0. The first-order chi connectivity index (χ1) is 9.28. The van der Waals surface area contributed by atoms with Crippen molar-refractivity contribution < 1.29 is 4.74 Å². The second kappa shape index (κ2) is 5.53. The van der Waals surface area contributed by atoms with Gasteiger partial charge in [0.1, 0.15) is 0 Å². The fourth-order valence-electron chi connectivity index (χ4n) is 3.18. The summed E-state index contributed by atoms with van der Waals surface area (Å²) in [4.78, 5) is 11.3. The fourth-order valence-corrected chi connectivity index (χ4v) is 3.59. The SMILES string of the molecule is CCCOc1ccnc(N2C3CCC2CC(Cl)C3)n1. The van der Waals surface area contributed by atoms with Crippen LogP contribution in [-0.4, -0.2) is 34.0 Å². The summed E-state index contributed by atoms with van der Waals surface area (Å²) in [5, 5.41) is 0.313. The topological polar surface area (TPSA) is 38.2 Å². The molecule has 2 unspecified atom stereocenters. The lowest BCUT2D eigenvalue weighted by atomic mass is 10.0. The third-order valence-electron chi connectivity index (χ3n) is 3.98. The van der Waals surface area contributed by atoms with Crippen molar-refractivity contribution in [3.05, 3.63) is 12.3 Å². The number of nitrogens with zero attached hydrogens (tertiary/aromatic N) is 3. The number of rotatable bonds is 4. The Bertz CT molecular complexity index is 428. The molecule has 2 saturated heterocycles. The highest BCUT2D eigenvalue weighted by atomic mass is 35.5. The van der Waals surface area contributed by atoms with Gasteiger partial charge in [-0.1, -0.05) is 6.92 Å². The Morgan fingerprint density at radius 2 is 2.11 bits per heavy atom. The van der Waals surface area contributed by atoms with Crippen LogP contribution in [0, 0.1) is 0 Å². The Morgan fingerprint density at radius 1 is 1.37 bits per heavy atom. The van der Waals surface area contributed by atoms with Crippen molar-refractivity contribution in [3.8, 4) is 5.88 Å². The number of fused-ring (bicyclic) bond motifs is 2. The third-order valence-corrected chi connectivity index (χ3v) is 4.33. The van der Waals surface area contributed by atoms with E-state index in [-0.39, 0.29) is 0 Å². The molecule has 2 bridgehead atoms. The van der Waals surface area contributed by atoms with Crippen molar-refractivity contribution in [3.63, 3.8) is 0 Å². The van der Waals surface area contributed by atoms with E-state index in [4.69, 9.17) is 16.3 Å². The Hall–Kier alpha value is -1.03. The smallest absolute Gasteiger partial charge is 0.229 e. The molecule has 0 saturated carbocycles. The molecule has 4 nitrogen and oxygen atoms in total. The molecule has 2 aliphatic rings. The molecule has 2 fully saturated rings. The van der Waals surface area contributed by atoms with Crippen molar-refractivity contribution in [2.24, 2.45) is 0 Å². The minimum atomic E-state index is 0.313. The molecule has 0 amide bonds. The summed E-state index contributed by atoms with van der Waals surface area (Å²) in [6, 6.07) is 2.83. The maximum Gasteiger partial charge on any atom is 0.229 e. The molecular formula is C14H20ClN3O. The molecule has 19 heavy (non-hydrogen) atoms. The van der Waals surface area contributed by atoms with Crippen LogP contribution in [0.4, 0.5) is 5.95 Å². The number of piperidine rings is 1. The van der Waals surface area contributed by atoms with E-state index in [9.17, 15) is 0 Å². The molecule has 0 spiro atoms. The van der Waals surface area contributed by atoms with Crippen LogP contribution >= 0.6 is 11.6 Å². The minimum Gasteiger partial charge on any atom is -0.478 e. The Labute approximate surface area is 119 Å². The average molecular weight is 282 g/mol. The monoisotopic (exact) mass is 281 g/mol. The lowest BCUT2D eigenvalue weighted by Gasteiger charge is -2.36. The zero-order valence-electron chi connectivity index (χ0n) is 11.3. The van der Waals surface area contributed by atoms with E-state index in [0.29, 0.717) is 29.9 Å². The highest BCUT2D eigenvalue weighted by Gasteiger charge is 2.41. The second-order valence-corrected chi connectivity index (χ2v) is 6.02. The first kappa shape index (κ1) is 13.0. The van der Waals surface area contributed by atoms with Crippen LogP contribution in [-0.2, 0) is 0 Å². The predicted molar refractivity (Wildman–Crippen MR) is 76.0 cm³/mol. The summed E-state index contributed by atoms with van der Waals surface area (Å²) >= 11 is 6.31. The number of hydrogen-bond acceptors (Lipinski definition) is 4. The van der Waals surface area contributed by atoms with Crippen molar-refractivity contribution in [2.75, 3.05) is 11.5 Å². The van der Waals surface area contributed by atoms with Crippen molar-refractivity contribution >= 4 is 17.5 Å². The van der Waals surface area contributed by atoms with Gasteiger partial charge in [-0.15, -0.1) is 11.6 Å². The number of aromatic nitrogens is 2. The predicted octanol–water partition coefficient (Wildman–Crippen LogP) is 3.00. The Kier molecular flexibility index (Phi) is 3.78. The van der Waals surface area contributed by atoms with Crippen molar-refractivity contribution in [1.29, 1.82) is 0 Å². The van der Waals surface area contributed by atoms with E-state index in [1.165, 1.54) is 12.8 Å². The lowest BCUT2D eigenvalue weighted by Crippen LogP contribution is -2.44.